The van der Waals surface area contributed by atoms with Crippen molar-refractivity contribution in [2.45, 2.75) is 26.4 Å². The number of nitrogens with one attached hydrogen (secondary N) is 1. The molecule has 0 aliphatic heterocycles. The average Bonchev–Trinajstić information content (AvgIpc) is 2.36. The zero-order chi connectivity index (χ0) is 12.7. The van der Waals surface area contributed by atoms with E-state index in [1.807, 2.05) is 24.2 Å². The molecule has 1 atom stereocenters. The van der Waals surface area contributed by atoms with Gasteiger partial charge in [-0.25, -0.2) is 4.98 Å². The summed E-state index contributed by atoms with van der Waals surface area (Å²) >= 11 is 1.85. The maximum Gasteiger partial charge on any atom is 0.147 e. The molecule has 1 N–H and O–H groups in total. The molecule has 17 heavy (non-hydrogen) atoms. The SMILES string of the molecule is CCNCc1cnc(N(C)C(C)CSC)cn1. The molecule has 1 rings (SSSR count). The summed E-state index contributed by atoms with van der Waals surface area (Å²) in [6.45, 7) is 6.02. The zero-order valence-corrected chi connectivity index (χ0v) is 11.9. The average molecular weight is 254 g/mol. The van der Waals surface area contributed by atoms with Crippen LogP contribution in [-0.4, -0.2) is 41.6 Å². The Morgan fingerprint density at radius 3 is 2.71 bits per heavy atom. The van der Waals surface area contributed by atoms with Gasteiger partial charge in [-0.05, 0) is 19.7 Å². The molecule has 0 amide bonds. The molecule has 0 bridgehead atoms. The van der Waals surface area contributed by atoms with Crippen molar-refractivity contribution >= 4 is 17.6 Å². The fraction of sp³-hybridized carbons (Fsp3) is 0.667. The normalized spacial score (nSPS) is 12.5. The van der Waals surface area contributed by atoms with Crippen molar-refractivity contribution in [2.75, 3.05) is 30.5 Å². The molecule has 0 radical (unpaired) electrons. The maximum atomic E-state index is 4.45. The van der Waals surface area contributed by atoms with Crippen LogP contribution in [0.1, 0.15) is 19.5 Å². The summed E-state index contributed by atoms with van der Waals surface area (Å²) in [4.78, 5) is 11.0. The number of hydrogen-bond donors (Lipinski definition) is 1. The lowest BCUT2D eigenvalue weighted by Gasteiger charge is -2.25. The van der Waals surface area contributed by atoms with Crippen LogP contribution in [0.5, 0.6) is 0 Å². The molecule has 0 aromatic carbocycles. The molecule has 1 aromatic rings. The minimum Gasteiger partial charge on any atom is -0.355 e. The summed E-state index contributed by atoms with van der Waals surface area (Å²) in [5.41, 5.74) is 0.988. The van der Waals surface area contributed by atoms with E-state index >= 15 is 0 Å². The number of hydrogen-bond acceptors (Lipinski definition) is 5. The van der Waals surface area contributed by atoms with Gasteiger partial charge < -0.3 is 10.2 Å². The molecule has 0 spiro atoms. The number of thioether (sulfide) groups is 1. The molecular weight excluding hydrogens is 232 g/mol. The Morgan fingerprint density at radius 1 is 1.41 bits per heavy atom. The Morgan fingerprint density at radius 2 is 2.18 bits per heavy atom. The summed E-state index contributed by atoms with van der Waals surface area (Å²) in [6, 6.07) is 0.471. The molecule has 0 fully saturated rings. The monoisotopic (exact) mass is 254 g/mol. The van der Waals surface area contributed by atoms with E-state index in [1.54, 1.807) is 0 Å². The van der Waals surface area contributed by atoms with Gasteiger partial charge in [-0.3, -0.25) is 4.98 Å². The van der Waals surface area contributed by atoms with E-state index in [0.717, 1.165) is 30.4 Å². The fourth-order valence-corrected chi connectivity index (χ4v) is 2.16. The second-order valence-electron chi connectivity index (χ2n) is 4.06. The van der Waals surface area contributed by atoms with Crippen LogP contribution in [0.3, 0.4) is 0 Å². The molecule has 1 heterocycles. The highest BCUT2D eigenvalue weighted by Crippen LogP contribution is 2.12. The lowest BCUT2D eigenvalue weighted by molar-refractivity contribution is 0.702. The van der Waals surface area contributed by atoms with Crippen molar-refractivity contribution in [3.63, 3.8) is 0 Å². The lowest BCUT2D eigenvalue weighted by Crippen LogP contribution is -2.31. The fourth-order valence-electron chi connectivity index (χ4n) is 1.45. The predicted octanol–water partition coefficient (Wildman–Crippen LogP) is 1.77. The number of anilines is 1. The molecule has 0 saturated heterocycles. The first-order valence-electron chi connectivity index (χ1n) is 5.92. The third-order valence-electron chi connectivity index (χ3n) is 2.68. The van der Waals surface area contributed by atoms with Gasteiger partial charge in [0.1, 0.15) is 5.82 Å². The van der Waals surface area contributed by atoms with E-state index in [4.69, 9.17) is 0 Å². The van der Waals surface area contributed by atoms with Crippen molar-refractivity contribution < 1.29 is 0 Å². The lowest BCUT2D eigenvalue weighted by atomic mass is 10.3. The van der Waals surface area contributed by atoms with Gasteiger partial charge in [-0.15, -0.1) is 0 Å². The Balaban J connectivity index is 2.60. The molecule has 1 aromatic heterocycles. The van der Waals surface area contributed by atoms with Crippen LogP contribution in [-0.2, 0) is 6.54 Å². The first kappa shape index (κ1) is 14.3. The summed E-state index contributed by atoms with van der Waals surface area (Å²) in [5.74, 6) is 2.03. The van der Waals surface area contributed by atoms with Crippen LogP contribution >= 0.6 is 11.8 Å². The highest BCUT2D eigenvalue weighted by atomic mass is 32.2. The second-order valence-corrected chi connectivity index (χ2v) is 4.97. The van der Waals surface area contributed by atoms with Gasteiger partial charge in [0.15, 0.2) is 0 Å². The predicted molar refractivity (Wildman–Crippen MR) is 75.7 cm³/mol. The molecule has 0 aliphatic rings. The topological polar surface area (TPSA) is 41.1 Å². The molecule has 0 saturated carbocycles. The van der Waals surface area contributed by atoms with Crippen molar-refractivity contribution in [1.29, 1.82) is 0 Å². The molecule has 0 aliphatic carbocycles. The van der Waals surface area contributed by atoms with Crippen LogP contribution in [0.15, 0.2) is 12.4 Å². The number of aromatic nitrogens is 2. The number of rotatable bonds is 7. The molecule has 4 nitrogen and oxygen atoms in total. The summed E-state index contributed by atoms with van der Waals surface area (Å²) in [7, 11) is 2.06. The van der Waals surface area contributed by atoms with E-state index in [0.29, 0.717) is 6.04 Å². The van der Waals surface area contributed by atoms with Gasteiger partial charge in [0, 0.05) is 25.4 Å². The Hall–Kier alpha value is -0.810. The van der Waals surface area contributed by atoms with Gasteiger partial charge in [-0.2, -0.15) is 11.8 Å². The third kappa shape index (κ3) is 4.52. The van der Waals surface area contributed by atoms with Gasteiger partial charge >= 0.3 is 0 Å². The van der Waals surface area contributed by atoms with Gasteiger partial charge in [0.2, 0.25) is 0 Å². The van der Waals surface area contributed by atoms with Crippen LogP contribution in [0.25, 0.3) is 0 Å². The Bertz CT molecular complexity index is 315. The molecule has 96 valence electrons. The highest BCUT2D eigenvalue weighted by Gasteiger charge is 2.10. The highest BCUT2D eigenvalue weighted by molar-refractivity contribution is 7.98. The number of nitrogens with zero attached hydrogens (tertiary/aromatic N) is 3. The van der Waals surface area contributed by atoms with Crippen molar-refractivity contribution in [3.8, 4) is 0 Å². The van der Waals surface area contributed by atoms with E-state index in [-0.39, 0.29) is 0 Å². The molecule has 1 unspecified atom stereocenters. The Labute approximate surface area is 108 Å². The minimum atomic E-state index is 0.471. The molecular formula is C12H22N4S. The standard InChI is InChI=1S/C12H22N4S/c1-5-13-6-11-7-15-12(8-14-11)16(3)10(2)9-17-4/h7-8,10,13H,5-6,9H2,1-4H3. The van der Waals surface area contributed by atoms with E-state index < -0.39 is 0 Å². The summed E-state index contributed by atoms with van der Waals surface area (Å²) in [6.07, 6.45) is 5.82. The quantitative estimate of drug-likeness (QED) is 0.803. The first-order valence-corrected chi connectivity index (χ1v) is 7.31. The Kier molecular flexibility index (Phi) is 6.29. The van der Waals surface area contributed by atoms with Crippen LogP contribution in [0, 0.1) is 0 Å². The summed E-state index contributed by atoms with van der Waals surface area (Å²) in [5, 5.41) is 3.24. The summed E-state index contributed by atoms with van der Waals surface area (Å²) < 4.78 is 0. The largest absolute Gasteiger partial charge is 0.355 e. The smallest absolute Gasteiger partial charge is 0.147 e. The van der Waals surface area contributed by atoms with Gasteiger partial charge in [-0.1, -0.05) is 6.92 Å². The first-order chi connectivity index (χ1) is 8.19. The third-order valence-corrected chi connectivity index (χ3v) is 3.49. The maximum absolute atomic E-state index is 4.45. The van der Waals surface area contributed by atoms with Gasteiger partial charge in [0.05, 0.1) is 18.1 Å². The zero-order valence-electron chi connectivity index (χ0n) is 11.1. The van der Waals surface area contributed by atoms with E-state index in [1.165, 1.54) is 0 Å². The van der Waals surface area contributed by atoms with Crippen LogP contribution in [0.4, 0.5) is 5.82 Å². The van der Waals surface area contributed by atoms with Crippen molar-refractivity contribution in [3.05, 3.63) is 18.1 Å². The van der Waals surface area contributed by atoms with Crippen LogP contribution < -0.4 is 10.2 Å². The van der Waals surface area contributed by atoms with Crippen LogP contribution in [0.2, 0.25) is 0 Å². The van der Waals surface area contributed by atoms with Crippen molar-refractivity contribution in [1.82, 2.24) is 15.3 Å². The van der Waals surface area contributed by atoms with E-state index in [2.05, 4.69) is 47.3 Å². The second kappa shape index (κ2) is 7.50. The minimum absolute atomic E-state index is 0.471. The van der Waals surface area contributed by atoms with E-state index in [9.17, 15) is 0 Å². The van der Waals surface area contributed by atoms with Gasteiger partial charge in [0.25, 0.3) is 0 Å². The molecule has 5 heteroatoms. The van der Waals surface area contributed by atoms with Crippen molar-refractivity contribution in [2.24, 2.45) is 0 Å².